The first-order chi connectivity index (χ1) is 15.7. The lowest BCUT2D eigenvalue weighted by atomic mass is 9.97. The highest BCUT2D eigenvalue weighted by Gasteiger charge is 2.42. The summed E-state index contributed by atoms with van der Waals surface area (Å²) in [5, 5.41) is 2.02. The van der Waals surface area contributed by atoms with Gasteiger partial charge in [-0.05, 0) is 37.5 Å². The molecule has 0 spiro atoms. The zero-order chi connectivity index (χ0) is 23.6. The molecule has 3 aromatic heterocycles. The lowest BCUT2D eigenvalue weighted by Crippen LogP contribution is -2.37. The maximum atomic E-state index is 15.8. The number of hydrogen-bond acceptors (Lipinski definition) is 7. The van der Waals surface area contributed by atoms with Crippen LogP contribution in [0.3, 0.4) is 0 Å². The van der Waals surface area contributed by atoms with Gasteiger partial charge in [-0.2, -0.15) is 0 Å². The van der Waals surface area contributed by atoms with Crippen molar-refractivity contribution >= 4 is 39.3 Å². The van der Waals surface area contributed by atoms with Crippen molar-refractivity contribution in [2.24, 2.45) is 0 Å². The number of carbonyl (C=O) groups is 1. The molecule has 0 bridgehead atoms. The van der Waals surface area contributed by atoms with Gasteiger partial charge in [-0.3, -0.25) is 14.5 Å². The molecular weight excluding hydrogens is 471 g/mol. The van der Waals surface area contributed by atoms with Crippen molar-refractivity contribution < 1.29 is 17.6 Å². The Kier molecular flexibility index (Phi) is 6.26. The summed E-state index contributed by atoms with van der Waals surface area (Å²) < 4.78 is 42.4. The van der Waals surface area contributed by atoms with Gasteiger partial charge in [0.2, 0.25) is 21.6 Å². The number of nitrogens with zero attached hydrogens (tertiary/aromatic N) is 4. The number of hydrogen-bond donors (Lipinski definition) is 2. The van der Waals surface area contributed by atoms with E-state index < -0.39 is 26.8 Å². The minimum absolute atomic E-state index is 0.0199. The molecule has 4 rings (SSSR count). The van der Waals surface area contributed by atoms with Crippen LogP contribution in [0.2, 0.25) is 5.02 Å². The fraction of sp³-hybridized carbons (Fsp3) is 0.286. The zero-order valence-electron chi connectivity index (χ0n) is 17.5. The summed E-state index contributed by atoms with van der Waals surface area (Å²) in [6.07, 6.45) is 6.78. The number of rotatable bonds is 8. The largest absolute Gasteiger partial charge is 0.306 e. The van der Waals surface area contributed by atoms with E-state index in [1.54, 1.807) is 24.5 Å². The number of carbonyl (C=O) groups excluding carboxylic acids is 1. The van der Waals surface area contributed by atoms with Gasteiger partial charge in [0.25, 0.3) is 5.91 Å². The van der Waals surface area contributed by atoms with Crippen LogP contribution in [0.15, 0.2) is 49.1 Å². The molecule has 3 aromatic rings. The average molecular weight is 491 g/mol. The fourth-order valence-corrected chi connectivity index (χ4v) is 4.59. The molecule has 0 radical (unpaired) electrons. The second kappa shape index (κ2) is 8.99. The van der Waals surface area contributed by atoms with Crippen molar-refractivity contribution in [2.75, 3.05) is 10.0 Å². The number of sulfonamides is 1. The molecule has 9 nitrogen and oxygen atoms in total. The van der Waals surface area contributed by atoms with Crippen LogP contribution in [0, 0.1) is 0 Å². The number of anilines is 2. The topological polar surface area (TPSA) is 127 Å². The summed E-state index contributed by atoms with van der Waals surface area (Å²) in [7, 11) is -3.64. The molecule has 0 aromatic carbocycles. The highest BCUT2D eigenvalue weighted by molar-refractivity contribution is 7.93. The van der Waals surface area contributed by atoms with Gasteiger partial charge in [0.15, 0.2) is 5.82 Å². The highest BCUT2D eigenvalue weighted by atomic mass is 35.5. The van der Waals surface area contributed by atoms with Gasteiger partial charge >= 0.3 is 0 Å². The van der Waals surface area contributed by atoms with Crippen LogP contribution in [0.5, 0.6) is 0 Å². The molecule has 1 atom stereocenters. The zero-order valence-corrected chi connectivity index (χ0v) is 19.1. The third-order valence-electron chi connectivity index (χ3n) is 5.17. The van der Waals surface area contributed by atoms with Crippen LogP contribution in [0.4, 0.5) is 16.2 Å². The highest BCUT2D eigenvalue weighted by Crippen LogP contribution is 2.33. The molecule has 0 aliphatic heterocycles. The van der Waals surface area contributed by atoms with E-state index in [2.05, 4.69) is 30.0 Å². The van der Waals surface area contributed by atoms with Crippen molar-refractivity contribution in [3.63, 3.8) is 0 Å². The van der Waals surface area contributed by atoms with Gasteiger partial charge < -0.3 is 5.32 Å². The molecule has 1 saturated carbocycles. The van der Waals surface area contributed by atoms with Crippen LogP contribution in [-0.2, 0) is 20.5 Å². The summed E-state index contributed by atoms with van der Waals surface area (Å²) in [5.41, 5.74) is -1.40. The standard InChI is InChI=1S/C21H20ClFN6O3S/c1-2-21(23,17-7-9-25-20(27-17)29-33(31,32)15-5-6-15)19(30)28-18-16(22)10-14(12-26-18)13-4-3-8-24-11-13/h3-4,7-12,15H,2,5-6H2,1H3,(H,25,27,29)(H,26,28,30). The summed E-state index contributed by atoms with van der Waals surface area (Å²) in [6, 6.07) is 6.39. The van der Waals surface area contributed by atoms with Crippen molar-refractivity contribution in [3.05, 3.63) is 59.8 Å². The second-order valence-electron chi connectivity index (χ2n) is 7.52. The van der Waals surface area contributed by atoms with E-state index in [0.717, 1.165) is 5.56 Å². The molecule has 33 heavy (non-hydrogen) atoms. The van der Waals surface area contributed by atoms with Crippen molar-refractivity contribution in [3.8, 4) is 11.1 Å². The molecule has 1 aliphatic rings. The van der Waals surface area contributed by atoms with Crippen LogP contribution < -0.4 is 10.0 Å². The van der Waals surface area contributed by atoms with Gasteiger partial charge in [-0.15, -0.1) is 0 Å². The van der Waals surface area contributed by atoms with Gasteiger partial charge in [0.1, 0.15) is 0 Å². The first kappa shape index (κ1) is 23.0. The van der Waals surface area contributed by atoms with E-state index in [0.29, 0.717) is 18.4 Å². The number of aromatic nitrogens is 4. The number of nitrogens with one attached hydrogen (secondary N) is 2. The van der Waals surface area contributed by atoms with Crippen LogP contribution in [-0.4, -0.2) is 39.5 Å². The van der Waals surface area contributed by atoms with E-state index in [1.807, 2.05) is 6.07 Å². The van der Waals surface area contributed by atoms with Crippen LogP contribution in [0.25, 0.3) is 11.1 Å². The summed E-state index contributed by atoms with van der Waals surface area (Å²) in [6.45, 7) is 1.47. The Morgan fingerprint density at radius 2 is 2.00 bits per heavy atom. The monoisotopic (exact) mass is 490 g/mol. The average Bonchev–Trinajstić information content (AvgIpc) is 3.66. The smallest absolute Gasteiger partial charge is 0.269 e. The minimum atomic E-state index is -3.64. The van der Waals surface area contributed by atoms with Crippen LogP contribution >= 0.6 is 11.6 Å². The Morgan fingerprint density at radius 1 is 1.21 bits per heavy atom. The molecule has 1 fully saturated rings. The van der Waals surface area contributed by atoms with Gasteiger partial charge in [-0.1, -0.05) is 24.6 Å². The molecule has 12 heteroatoms. The number of alkyl halides is 1. The lowest BCUT2D eigenvalue weighted by Gasteiger charge is -2.22. The molecule has 2 N–H and O–H groups in total. The number of pyridine rings is 2. The molecule has 1 unspecified atom stereocenters. The Bertz CT molecular complexity index is 1290. The first-order valence-corrected chi connectivity index (χ1v) is 12.1. The lowest BCUT2D eigenvalue weighted by molar-refractivity contribution is -0.128. The van der Waals surface area contributed by atoms with Crippen molar-refractivity contribution in [1.29, 1.82) is 0 Å². The number of amides is 1. The normalized spacial score (nSPS) is 15.5. The minimum Gasteiger partial charge on any atom is -0.306 e. The Morgan fingerprint density at radius 3 is 2.64 bits per heavy atom. The Balaban J connectivity index is 1.56. The molecule has 1 amide bonds. The second-order valence-corrected chi connectivity index (χ2v) is 9.88. The molecule has 0 saturated heterocycles. The van der Waals surface area contributed by atoms with E-state index in [1.165, 1.54) is 25.4 Å². The SMILES string of the molecule is CCC(F)(C(=O)Nc1ncc(-c2cccnc2)cc1Cl)c1ccnc(NS(=O)(=O)C2CC2)n1. The maximum absolute atomic E-state index is 15.8. The molecular formula is C21H20ClFN6O3S. The molecule has 1 aliphatic carbocycles. The van der Waals surface area contributed by atoms with E-state index in [-0.39, 0.29) is 28.9 Å². The molecule has 172 valence electrons. The Hall–Kier alpha value is -3.18. The number of halogens is 2. The van der Waals surface area contributed by atoms with Gasteiger partial charge in [-0.25, -0.2) is 27.8 Å². The van der Waals surface area contributed by atoms with Crippen molar-refractivity contribution in [1.82, 2.24) is 19.9 Å². The fourth-order valence-electron chi connectivity index (χ4n) is 3.10. The quantitative estimate of drug-likeness (QED) is 0.492. The summed E-state index contributed by atoms with van der Waals surface area (Å²) >= 11 is 6.27. The van der Waals surface area contributed by atoms with E-state index in [4.69, 9.17) is 11.6 Å². The third kappa shape index (κ3) is 4.93. The predicted molar refractivity (Wildman–Crippen MR) is 122 cm³/mol. The first-order valence-electron chi connectivity index (χ1n) is 10.1. The Labute approximate surface area is 194 Å². The van der Waals surface area contributed by atoms with Crippen molar-refractivity contribution in [2.45, 2.75) is 37.1 Å². The van der Waals surface area contributed by atoms with Gasteiger partial charge in [0, 0.05) is 35.9 Å². The van der Waals surface area contributed by atoms with Crippen LogP contribution in [0.1, 0.15) is 31.9 Å². The summed E-state index contributed by atoms with van der Waals surface area (Å²) in [4.78, 5) is 28.9. The van der Waals surface area contributed by atoms with Gasteiger partial charge in [0.05, 0.1) is 16.0 Å². The van der Waals surface area contributed by atoms with E-state index >= 15 is 4.39 Å². The maximum Gasteiger partial charge on any atom is 0.269 e. The third-order valence-corrected chi connectivity index (χ3v) is 7.28. The predicted octanol–water partition coefficient (Wildman–Crippen LogP) is 3.70. The molecule has 3 heterocycles. The van der Waals surface area contributed by atoms with E-state index in [9.17, 15) is 13.2 Å². The summed E-state index contributed by atoms with van der Waals surface area (Å²) in [5.74, 6) is -1.35.